The second-order valence-electron chi connectivity index (χ2n) is 3.01. The van der Waals surface area contributed by atoms with Crippen molar-refractivity contribution < 1.29 is 9.90 Å². The van der Waals surface area contributed by atoms with E-state index in [2.05, 4.69) is 4.98 Å². The van der Waals surface area contributed by atoms with Crippen molar-refractivity contribution in [1.29, 1.82) is 0 Å². The number of hydrogen-bond donors (Lipinski definition) is 1. The number of aliphatic hydroxyl groups excluding tert-OH is 1. The molecule has 2 aromatic rings. The van der Waals surface area contributed by atoms with Crippen LogP contribution >= 0.6 is 11.3 Å². The van der Waals surface area contributed by atoms with Gasteiger partial charge in [0.2, 0.25) is 0 Å². The summed E-state index contributed by atoms with van der Waals surface area (Å²) in [4.78, 5) is 17.0. The Balaban J connectivity index is 0.000000337. The van der Waals surface area contributed by atoms with Gasteiger partial charge >= 0.3 is 0 Å². The fourth-order valence-corrected chi connectivity index (χ4v) is 2.10. The number of aromatic nitrogens is 2. The zero-order valence-electron chi connectivity index (χ0n) is 9.02. The highest BCUT2D eigenvalue weighted by Crippen LogP contribution is 2.19. The molecule has 0 aliphatic heterocycles. The van der Waals surface area contributed by atoms with Gasteiger partial charge in [-0.3, -0.25) is 9.20 Å². The topological polar surface area (TPSA) is 54.6 Å². The molecule has 0 unspecified atom stereocenters. The molecule has 2 rings (SSSR count). The number of fused-ring (bicyclic) bond motifs is 1. The highest BCUT2D eigenvalue weighted by molar-refractivity contribution is 7.17. The maximum atomic E-state index is 10.7. The molecule has 1 N–H and O–H groups in total. The lowest BCUT2D eigenvalue weighted by Crippen LogP contribution is -1.88. The van der Waals surface area contributed by atoms with Crippen molar-refractivity contribution in [1.82, 2.24) is 9.38 Å². The number of carbonyl (C=O) groups excluding carboxylic acids is 1. The molecule has 15 heavy (non-hydrogen) atoms. The summed E-state index contributed by atoms with van der Waals surface area (Å²) >= 11 is 1.60. The molecule has 0 bridgehead atoms. The lowest BCUT2D eigenvalue weighted by molar-refractivity contribution is 0.111. The molecule has 0 saturated carbocycles. The van der Waals surface area contributed by atoms with Crippen molar-refractivity contribution in [2.75, 3.05) is 6.61 Å². The van der Waals surface area contributed by atoms with Gasteiger partial charge in [0.15, 0.2) is 11.2 Å². The largest absolute Gasteiger partial charge is 0.397 e. The van der Waals surface area contributed by atoms with Crippen LogP contribution in [0.15, 0.2) is 6.20 Å². The smallest absolute Gasteiger partial charge is 0.194 e. The fraction of sp³-hybridized carbons (Fsp3) is 0.400. The SMILES string of the molecule is CCO.Cc1cn2c(C=O)c(C)nc2s1. The van der Waals surface area contributed by atoms with Crippen LogP contribution in [-0.4, -0.2) is 27.4 Å². The number of aliphatic hydroxyl groups is 1. The molecule has 0 atom stereocenters. The quantitative estimate of drug-likeness (QED) is 0.755. The molecule has 0 radical (unpaired) electrons. The molecule has 82 valence electrons. The zero-order valence-corrected chi connectivity index (χ0v) is 9.84. The van der Waals surface area contributed by atoms with E-state index in [1.54, 1.807) is 18.3 Å². The number of carbonyl (C=O) groups is 1. The molecule has 0 spiro atoms. The van der Waals surface area contributed by atoms with Crippen molar-refractivity contribution >= 4 is 22.6 Å². The average molecular weight is 226 g/mol. The molecular weight excluding hydrogens is 212 g/mol. The third kappa shape index (κ3) is 2.43. The summed E-state index contributed by atoms with van der Waals surface area (Å²) in [5, 5.41) is 7.57. The highest BCUT2D eigenvalue weighted by atomic mass is 32.1. The van der Waals surface area contributed by atoms with Gasteiger partial charge in [0.1, 0.15) is 5.69 Å². The Morgan fingerprint density at radius 1 is 1.60 bits per heavy atom. The summed E-state index contributed by atoms with van der Waals surface area (Å²) in [6.45, 7) is 5.78. The Morgan fingerprint density at radius 2 is 2.20 bits per heavy atom. The van der Waals surface area contributed by atoms with Crippen molar-refractivity contribution in [3.8, 4) is 0 Å². The van der Waals surface area contributed by atoms with Gasteiger partial charge in [-0.25, -0.2) is 4.98 Å². The van der Waals surface area contributed by atoms with Gasteiger partial charge in [-0.2, -0.15) is 0 Å². The number of imidazole rings is 1. The van der Waals surface area contributed by atoms with Crippen molar-refractivity contribution in [2.45, 2.75) is 20.8 Å². The monoisotopic (exact) mass is 226 g/mol. The van der Waals surface area contributed by atoms with Crippen LogP contribution < -0.4 is 0 Å². The molecule has 4 nitrogen and oxygen atoms in total. The van der Waals surface area contributed by atoms with E-state index >= 15 is 0 Å². The van der Waals surface area contributed by atoms with E-state index in [1.165, 1.54) is 4.88 Å². The van der Waals surface area contributed by atoms with Crippen LogP contribution in [0, 0.1) is 13.8 Å². The van der Waals surface area contributed by atoms with E-state index in [4.69, 9.17) is 5.11 Å². The lowest BCUT2D eigenvalue weighted by Gasteiger charge is -1.86. The molecule has 0 saturated heterocycles. The Kier molecular flexibility index (Phi) is 3.99. The minimum atomic E-state index is 0.250. The van der Waals surface area contributed by atoms with Crippen LogP contribution in [0.1, 0.15) is 28.0 Å². The van der Waals surface area contributed by atoms with Crippen molar-refractivity contribution in [3.05, 3.63) is 22.5 Å². The highest BCUT2D eigenvalue weighted by Gasteiger charge is 2.08. The Labute approximate surface area is 92.2 Å². The van der Waals surface area contributed by atoms with Crippen LogP contribution in [0.3, 0.4) is 0 Å². The lowest BCUT2D eigenvalue weighted by atomic mass is 10.4. The van der Waals surface area contributed by atoms with E-state index < -0.39 is 0 Å². The standard InChI is InChI=1S/C8H8N2OS.C2H6O/c1-5-3-10-7(4-11)6(2)9-8(10)12-5;1-2-3/h3-4H,1-2H3;3H,2H2,1H3. The maximum absolute atomic E-state index is 10.7. The molecule has 0 aliphatic rings. The van der Waals surface area contributed by atoms with Crippen LogP contribution in [0.5, 0.6) is 0 Å². The van der Waals surface area contributed by atoms with Crippen molar-refractivity contribution in [3.63, 3.8) is 0 Å². The Hall–Kier alpha value is -1.20. The first-order chi connectivity index (χ1) is 7.13. The van der Waals surface area contributed by atoms with E-state index in [0.29, 0.717) is 5.69 Å². The number of hydrogen-bond acceptors (Lipinski definition) is 4. The van der Waals surface area contributed by atoms with Crippen LogP contribution in [0.25, 0.3) is 4.96 Å². The third-order valence-corrected chi connectivity index (χ3v) is 2.67. The van der Waals surface area contributed by atoms with Crippen LogP contribution in [-0.2, 0) is 0 Å². The first kappa shape index (κ1) is 11.9. The summed E-state index contributed by atoms with van der Waals surface area (Å²) in [6.07, 6.45) is 2.78. The van der Waals surface area contributed by atoms with Crippen LogP contribution in [0.4, 0.5) is 0 Å². The van der Waals surface area contributed by atoms with Gasteiger partial charge in [0, 0.05) is 17.7 Å². The van der Waals surface area contributed by atoms with E-state index in [-0.39, 0.29) is 6.61 Å². The number of thiazole rings is 1. The summed E-state index contributed by atoms with van der Waals surface area (Å²) in [7, 11) is 0. The Morgan fingerprint density at radius 3 is 2.73 bits per heavy atom. The summed E-state index contributed by atoms with van der Waals surface area (Å²) in [5.41, 5.74) is 1.46. The minimum absolute atomic E-state index is 0.250. The number of nitrogens with zero attached hydrogens (tertiary/aromatic N) is 2. The van der Waals surface area contributed by atoms with E-state index in [0.717, 1.165) is 16.9 Å². The van der Waals surface area contributed by atoms with E-state index in [9.17, 15) is 4.79 Å². The molecule has 5 heteroatoms. The molecule has 0 aliphatic carbocycles. The van der Waals surface area contributed by atoms with Gasteiger partial charge in [-0.05, 0) is 20.8 Å². The number of rotatable bonds is 1. The maximum Gasteiger partial charge on any atom is 0.194 e. The van der Waals surface area contributed by atoms with E-state index in [1.807, 2.05) is 24.4 Å². The molecular formula is C10H14N2O2S. The number of aldehydes is 1. The molecule has 0 aromatic carbocycles. The average Bonchev–Trinajstić information content (AvgIpc) is 2.61. The molecule has 2 heterocycles. The van der Waals surface area contributed by atoms with Gasteiger partial charge in [0.25, 0.3) is 0 Å². The first-order valence-corrected chi connectivity index (χ1v) is 5.46. The third-order valence-electron chi connectivity index (χ3n) is 1.77. The van der Waals surface area contributed by atoms with Gasteiger partial charge in [-0.1, -0.05) is 0 Å². The molecule has 0 fully saturated rings. The second kappa shape index (κ2) is 5.04. The summed E-state index contributed by atoms with van der Waals surface area (Å²) in [6, 6.07) is 0. The molecule has 2 aromatic heterocycles. The first-order valence-electron chi connectivity index (χ1n) is 4.65. The summed E-state index contributed by atoms with van der Waals surface area (Å²) < 4.78 is 1.84. The van der Waals surface area contributed by atoms with Gasteiger partial charge < -0.3 is 5.11 Å². The van der Waals surface area contributed by atoms with Crippen molar-refractivity contribution in [2.24, 2.45) is 0 Å². The van der Waals surface area contributed by atoms with Crippen LogP contribution in [0.2, 0.25) is 0 Å². The summed E-state index contributed by atoms with van der Waals surface area (Å²) in [5.74, 6) is 0. The Bertz CT molecular complexity index is 459. The van der Waals surface area contributed by atoms with Gasteiger partial charge in [-0.15, -0.1) is 11.3 Å². The predicted octanol–water partition coefficient (Wildman–Crippen LogP) is 1.82. The fourth-order valence-electron chi connectivity index (χ4n) is 1.22. The zero-order chi connectivity index (χ0) is 11.4. The predicted molar refractivity (Wildman–Crippen MR) is 60.7 cm³/mol. The minimum Gasteiger partial charge on any atom is -0.397 e. The second-order valence-corrected chi connectivity index (χ2v) is 4.22. The normalized spacial score (nSPS) is 9.87. The number of aryl methyl sites for hydroxylation is 2. The van der Waals surface area contributed by atoms with Gasteiger partial charge in [0.05, 0.1) is 5.69 Å². The molecule has 0 amide bonds.